The number of rotatable bonds is 2. The number of nitrogens with zero attached hydrogens (tertiary/aromatic N) is 3. The van der Waals surface area contributed by atoms with E-state index >= 15 is 0 Å². The van der Waals surface area contributed by atoms with E-state index in [1.54, 1.807) is 4.68 Å². The van der Waals surface area contributed by atoms with Crippen molar-refractivity contribution < 1.29 is 4.79 Å². The summed E-state index contributed by atoms with van der Waals surface area (Å²) in [6.07, 6.45) is 7.08. The first kappa shape index (κ1) is 11.1. The number of aryl methyl sites for hydroxylation is 2. The Bertz CT molecular complexity index is 609. The molecule has 0 aliphatic carbocycles. The molecule has 18 heavy (non-hydrogen) atoms. The minimum absolute atomic E-state index is 0.355. The summed E-state index contributed by atoms with van der Waals surface area (Å²) in [5, 5.41) is 4.36. The smallest absolute Gasteiger partial charge is 0.251 e. The van der Waals surface area contributed by atoms with Crippen LogP contribution in [0.4, 0.5) is 0 Å². The van der Waals surface area contributed by atoms with Crippen molar-refractivity contribution in [3.63, 3.8) is 0 Å². The fourth-order valence-corrected chi connectivity index (χ4v) is 2.67. The summed E-state index contributed by atoms with van der Waals surface area (Å²) >= 11 is 0. The van der Waals surface area contributed by atoms with E-state index in [4.69, 9.17) is 5.73 Å². The molecule has 5 heteroatoms. The second-order valence-electron chi connectivity index (χ2n) is 4.75. The van der Waals surface area contributed by atoms with Gasteiger partial charge in [0.2, 0.25) is 0 Å². The van der Waals surface area contributed by atoms with Crippen molar-refractivity contribution in [1.82, 2.24) is 14.3 Å². The van der Waals surface area contributed by atoms with Crippen LogP contribution in [0.3, 0.4) is 0 Å². The number of fused-ring (bicyclic) bond motifs is 1. The lowest BCUT2D eigenvalue weighted by molar-refractivity contribution is 0.0999. The molecular formula is C13H16N4O. The largest absolute Gasteiger partial charge is 0.366 e. The van der Waals surface area contributed by atoms with Crippen LogP contribution in [0.25, 0.3) is 11.3 Å². The highest BCUT2D eigenvalue weighted by molar-refractivity contribution is 6.00. The third kappa shape index (κ3) is 1.63. The van der Waals surface area contributed by atoms with Gasteiger partial charge in [-0.2, -0.15) is 5.10 Å². The molecule has 0 bridgehead atoms. The summed E-state index contributed by atoms with van der Waals surface area (Å²) in [7, 11) is 1.86. The lowest BCUT2D eigenvalue weighted by Gasteiger charge is -2.15. The molecule has 0 fully saturated rings. The Hall–Kier alpha value is -2.04. The molecule has 0 unspecified atom stereocenters. The number of hydrogen-bond donors (Lipinski definition) is 1. The number of aromatic nitrogens is 3. The number of amides is 1. The van der Waals surface area contributed by atoms with E-state index in [1.807, 2.05) is 25.5 Å². The molecule has 1 aliphatic rings. The van der Waals surface area contributed by atoms with Crippen molar-refractivity contribution in [3.8, 4) is 11.3 Å². The van der Waals surface area contributed by atoms with Crippen molar-refractivity contribution in [2.45, 2.75) is 25.8 Å². The van der Waals surface area contributed by atoms with Gasteiger partial charge in [-0.25, -0.2) is 0 Å². The van der Waals surface area contributed by atoms with Crippen molar-refractivity contribution in [2.24, 2.45) is 12.8 Å². The molecule has 1 aliphatic heterocycles. The second kappa shape index (κ2) is 4.01. The van der Waals surface area contributed by atoms with Crippen LogP contribution in [0, 0.1) is 0 Å². The molecule has 94 valence electrons. The number of carbonyl (C=O) groups is 1. The lowest BCUT2D eigenvalue weighted by Crippen LogP contribution is -2.17. The van der Waals surface area contributed by atoms with Gasteiger partial charge in [0.25, 0.3) is 5.91 Å². The minimum atomic E-state index is -0.355. The summed E-state index contributed by atoms with van der Waals surface area (Å²) in [6.45, 7) is 0.961. The predicted molar refractivity (Wildman–Crippen MR) is 68.1 cm³/mol. The third-order valence-corrected chi connectivity index (χ3v) is 3.49. The maximum absolute atomic E-state index is 11.7. The van der Waals surface area contributed by atoms with Crippen LogP contribution >= 0.6 is 0 Å². The first-order valence-electron chi connectivity index (χ1n) is 6.18. The van der Waals surface area contributed by atoms with Gasteiger partial charge in [-0.3, -0.25) is 9.48 Å². The van der Waals surface area contributed by atoms with Crippen molar-refractivity contribution in [2.75, 3.05) is 0 Å². The standard InChI is InChI=1S/C13H16N4O/c1-16-7-5-10(15-16)9-8-17-6-3-2-4-11(17)12(9)13(14)18/h5,7-8H,2-4,6H2,1H3,(H2,14,18). The van der Waals surface area contributed by atoms with Crippen molar-refractivity contribution in [3.05, 3.63) is 29.7 Å². The zero-order valence-electron chi connectivity index (χ0n) is 10.4. The minimum Gasteiger partial charge on any atom is -0.366 e. The van der Waals surface area contributed by atoms with Crippen LogP contribution in [0.2, 0.25) is 0 Å². The molecule has 2 N–H and O–H groups in total. The van der Waals surface area contributed by atoms with Crippen LogP contribution in [0.15, 0.2) is 18.5 Å². The van der Waals surface area contributed by atoms with Crippen LogP contribution < -0.4 is 5.73 Å². The second-order valence-corrected chi connectivity index (χ2v) is 4.75. The number of carbonyl (C=O) groups excluding carboxylic acids is 1. The van der Waals surface area contributed by atoms with Crippen molar-refractivity contribution >= 4 is 5.91 Å². The maximum Gasteiger partial charge on any atom is 0.251 e. The molecular weight excluding hydrogens is 228 g/mol. The molecule has 0 saturated carbocycles. The molecule has 2 aromatic heterocycles. The van der Waals surface area contributed by atoms with E-state index in [1.165, 1.54) is 0 Å². The van der Waals surface area contributed by atoms with Gasteiger partial charge >= 0.3 is 0 Å². The zero-order chi connectivity index (χ0) is 12.7. The zero-order valence-corrected chi connectivity index (χ0v) is 10.4. The lowest BCUT2D eigenvalue weighted by atomic mass is 10.0. The first-order valence-corrected chi connectivity index (χ1v) is 6.18. The molecule has 0 atom stereocenters. The Morgan fingerprint density at radius 2 is 2.28 bits per heavy atom. The Kier molecular flexibility index (Phi) is 2.47. The Morgan fingerprint density at radius 3 is 2.94 bits per heavy atom. The first-order chi connectivity index (χ1) is 8.66. The fraction of sp³-hybridized carbons (Fsp3) is 0.385. The van der Waals surface area contributed by atoms with Crippen molar-refractivity contribution in [1.29, 1.82) is 0 Å². The molecule has 0 spiro atoms. The Balaban J connectivity index is 2.19. The van der Waals surface area contributed by atoms with Crippen LogP contribution in [-0.4, -0.2) is 20.3 Å². The normalized spacial score (nSPS) is 14.5. The summed E-state index contributed by atoms with van der Waals surface area (Å²) in [6, 6.07) is 1.91. The van der Waals surface area contributed by atoms with Gasteiger partial charge < -0.3 is 10.3 Å². The molecule has 3 heterocycles. The highest BCUT2D eigenvalue weighted by atomic mass is 16.1. The highest BCUT2D eigenvalue weighted by Crippen LogP contribution is 2.30. The van der Waals surface area contributed by atoms with E-state index in [2.05, 4.69) is 9.67 Å². The molecule has 0 aromatic carbocycles. The number of primary amides is 1. The van der Waals surface area contributed by atoms with Gasteiger partial charge in [-0.1, -0.05) is 0 Å². The molecule has 2 aromatic rings. The molecule has 5 nitrogen and oxygen atoms in total. The topological polar surface area (TPSA) is 65.8 Å². The molecule has 1 amide bonds. The quantitative estimate of drug-likeness (QED) is 0.866. The van der Waals surface area contributed by atoms with E-state index < -0.39 is 0 Å². The summed E-state index contributed by atoms with van der Waals surface area (Å²) in [5.74, 6) is -0.355. The molecule has 0 saturated heterocycles. The van der Waals surface area contributed by atoms with Crippen LogP contribution in [-0.2, 0) is 20.0 Å². The monoisotopic (exact) mass is 244 g/mol. The van der Waals surface area contributed by atoms with Gasteiger partial charge in [0.1, 0.15) is 0 Å². The van der Waals surface area contributed by atoms with E-state index in [0.29, 0.717) is 5.56 Å². The van der Waals surface area contributed by atoms with E-state index in [0.717, 1.165) is 42.8 Å². The maximum atomic E-state index is 11.7. The SMILES string of the molecule is Cn1ccc(-c2cn3c(c2C(N)=O)CCCC3)n1. The van der Waals surface area contributed by atoms with Gasteiger partial charge in [-0.15, -0.1) is 0 Å². The third-order valence-electron chi connectivity index (χ3n) is 3.49. The average molecular weight is 244 g/mol. The van der Waals surface area contributed by atoms with Gasteiger partial charge in [0.05, 0.1) is 11.3 Å². The number of hydrogen-bond acceptors (Lipinski definition) is 2. The van der Waals surface area contributed by atoms with Gasteiger partial charge in [-0.05, 0) is 25.3 Å². The summed E-state index contributed by atoms with van der Waals surface area (Å²) < 4.78 is 3.88. The number of nitrogens with two attached hydrogens (primary N) is 1. The van der Waals surface area contributed by atoms with E-state index in [-0.39, 0.29) is 5.91 Å². The summed E-state index contributed by atoms with van der Waals surface area (Å²) in [4.78, 5) is 11.7. The predicted octanol–water partition coefficient (Wildman–Crippen LogP) is 1.32. The Morgan fingerprint density at radius 1 is 1.44 bits per heavy atom. The fourth-order valence-electron chi connectivity index (χ4n) is 2.67. The van der Waals surface area contributed by atoms with E-state index in [9.17, 15) is 4.79 Å². The molecule has 0 radical (unpaired) electrons. The van der Waals surface area contributed by atoms with Gasteiger partial charge in [0, 0.05) is 37.2 Å². The Labute approximate surface area is 105 Å². The average Bonchev–Trinajstić information content (AvgIpc) is 2.91. The van der Waals surface area contributed by atoms with Gasteiger partial charge in [0.15, 0.2) is 0 Å². The van der Waals surface area contributed by atoms with Crippen LogP contribution in [0.1, 0.15) is 28.9 Å². The molecule has 3 rings (SSSR count). The van der Waals surface area contributed by atoms with Crippen LogP contribution in [0.5, 0.6) is 0 Å². The highest BCUT2D eigenvalue weighted by Gasteiger charge is 2.23. The summed E-state index contributed by atoms with van der Waals surface area (Å²) in [5.41, 5.74) is 8.93.